The monoisotopic (exact) mass is 411 g/mol. The van der Waals surface area contributed by atoms with Crippen LogP contribution in [0.5, 0.6) is 0 Å². The molecular formula is C21H14ClNO4S. The Labute approximate surface area is 170 Å². The molecule has 1 aliphatic heterocycles. The molecule has 2 amide bonds. The molecule has 0 saturated carbocycles. The van der Waals surface area contributed by atoms with E-state index in [9.17, 15) is 14.4 Å². The third kappa shape index (κ3) is 2.91. The van der Waals surface area contributed by atoms with E-state index in [0.717, 1.165) is 21.8 Å². The molecule has 0 unspecified atom stereocenters. The van der Waals surface area contributed by atoms with Crippen LogP contribution in [0.1, 0.15) is 38.0 Å². The smallest absolute Gasteiger partial charge is 0.341 e. The van der Waals surface area contributed by atoms with E-state index in [1.165, 1.54) is 0 Å². The third-order valence-corrected chi connectivity index (χ3v) is 5.62. The van der Waals surface area contributed by atoms with Crippen LogP contribution in [0.2, 0.25) is 5.02 Å². The van der Waals surface area contributed by atoms with Crippen LogP contribution < -0.4 is 4.90 Å². The van der Waals surface area contributed by atoms with Gasteiger partial charge < -0.3 is 4.74 Å². The van der Waals surface area contributed by atoms with Gasteiger partial charge in [0.15, 0.2) is 0 Å². The van der Waals surface area contributed by atoms with Crippen molar-refractivity contribution in [1.82, 2.24) is 0 Å². The highest BCUT2D eigenvalue weighted by Gasteiger charge is 2.40. The van der Waals surface area contributed by atoms with Gasteiger partial charge in [0.05, 0.1) is 17.7 Å². The van der Waals surface area contributed by atoms with E-state index in [1.54, 1.807) is 60.8 Å². The van der Waals surface area contributed by atoms with Gasteiger partial charge in [-0.1, -0.05) is 35.9 Å². The van der Waals surface area contributed by atoms with Gasteiger partial charge >= 0.3 is 5.97 Å². The lowest BCUT2D eigenvalue weighted by molar-refractivity contribution is 0.0529. The zero-order chi connectivity index (χ0) is 19.8. The van der Waals surface area contributed by atoms with Crippen LogP contribution in [0.25, 0.3) is 11.1 Å². The third-order valence-electron chi connectivity index (χ3n) is 4.40. The molecule has 140 valence electrons. The maximum absolute atomic E-state index is 12.9. The number of benzene rings is 2. The fraction of sp³-hybridized carbons (Fsp3) is 0.0952. The van der Waals surface area contributed by atoms with Gasteiger partial charge in [0, 0.05) is 16.0 Å². The number of anilines is 1. The van der Waals surface area contributed by atoms with Gasteiger partial charge in [-0.15, -0.1) is 11.3 Å². The van der Waals surface area contributed by atoms with Crippen molar-refractivity contribution >= 4 is 45.7 Å². The molecular weight excluding hydrogens is 398 g/mol. The standard InChI is InChI=1S/C21H14ClNO4S/c1-2-27-21(26)17-16(12-7-9-13(22)10-8-12)11-28-20(17)23-18(24)14-5-3-4-6-15(14)19(23)25/h3-11H,2H2,1H3. The Kier molecular flexibility index (Phi) is 4.75. The van der Waals surface area contributed by atoms with Crippen molar-refractivity contribution in [1.29, 1.82) is 0 Å². The Morgan fingerprint density at radius 1 is 1.00 bits per heavy atom. The number of thiophene rings is 1. The molecule has 0 bridgehead atoms. The van der Waals surface area contributed by atoms with Crippen molar-refractivity contribution in [2.24, 2.45) is 0 Å². The van der Waals surface area contributed by atoms with Crippen LogP contribution in [-0.2, 0) is 4.74 Å². The fourth-order valence-electron chi connectivity index (χ4n) is 3.13. The summed E-state index contributed by atoms with van der Waals surface area (Å²) in [6.45, 7) is 1.88. The molecule has 3 aromatic rings. The Morgan fingerprint density at radius 3 is 2.18 bits per heavy atom. The average molecular weight is 412 g/mol. The molecule has 0 saturated heterocycles. The van der Waals surface area contributed by atoms with Crippen LogP contribution in [0.4, 0.5) is 5.00 Å². The van der Waals surface area contributed by atoms with Crippen molar-refractivity contribution in [3.63, 3.8) is 0 Å². The first-order valence-corrected chi connectivity index (χ1v) is 9.81. The van der Waals surface area contributed by atoms with Gasteiger partial charge in [0.2, 0.25) is 0 Å². The molecule has 7 heteroatoms. The van der Waals surface area contributed by atoms with E-state index in [0.29, 0.717) is 21.7 Å². The van der Waals surface area contributed by atoms with Crippen LogP contribution in [-0.4, -0.2) is 24.4 Å². The summed E-state index contributed by atoms with van der Waals surface area (Å²) in [4.78, 5) is 39.5. The van der Waals surface area contributed by atoms with Crippen LogP contribution in [0.15, 0.2) is 53.9 Å². The first-order chi connectivity index (χ1) is 13.5. The lowest BCUT2D eigenvalue weighted by Crippen LogP contribution is -2.30. The first-order valence-electron chi connectivity index (χ1n) is 8.55. The molecule has 0 atom stereocenters. The maximum atomic E-state index is 12.9. The molecule has 5 nitrogen and oxygen atoms in total. The summed E-state index contributed by atoms with van der Waals surface area (Å²) >= 11 is 7.12. The molecule has 0 aliphatic carbocycles. The number of carbonyl (C=O) groups is 3. The summed E-state index contributed by atoms with van der Waals surface area (Å²) in [6.07, 6.45) is 0. The number of esters is 1. The molecule has 4 rings (SSSR count). The Morgan fingerprint density at radius 2 is 1.61 bits per heavy atom. The summed E-state index contributed by atoms with van der Waals surface area (Å²) < 4.78 is 5.21. The van der Waals surface area contributed by atoms with Gasteiger partial charge in [-0.05, 0) is 36.8 Å². The van der Waals surface area contributed by atoms with Gasteiger partial charge in [-0.25, -0.2) is 9.69 Å². The Balaban J connectivity index is 1.86. The number of carbonyl (C=O) groups excluding carboxylic acids is 3. The number of hydrogen-bond acceptors (Lipinski definition) is 5. The molecule has 2 heterocycles. The fourth-order valence-corrected chi connectivity index (χ4v) is 4.32. The van der Waals surface area contributed by atoms with Gasteiger partial charge in [0.1, 0.15) is 10.6 Å². The molecule has 0 radical (unpaired) electrons. The molecule has 0 spiro atoms. The molecule has 2 aromatic carbocycles. The number of ether oxygens (including phenoxy) is 1. The highest BCUT2D eigenvalue weighted by atomic mass is 35.5. The van der Waals surface area contributed by atoms with E-state index in [4.69, 9.17) is 16.3 Å². The van der Waals surface area contributed by atoms with E-state index in [1.807, 2.05) is 0 Å². The highest BCUT2D eigenvalue weighted by molar-refractivity contribution is 7.15. The number of amides is 2. The van der Waals surface area contributed by atoms with Crippen molar-refractivity contribution in [3.05, 3.63) is 75.6 Å². The minimum Gasteiger partial charge on any atom is -0.462 e. The number of rotatable bonds is 4. The topological polar surface area (TPSA) is 63.7 Å². The maximum Gasteiger partial charge on any atom is 0.341 e. The lowest BCUT2D eigenvalue weighted by atomic mass is 10.0. The zero-order valence-corrected chi connectivity index (χ0v) is 16.3. The van der Waals surface area contributed by atoms with Crippen molar-refractivity contribution in [3.8, 4) is 11.1 Å². The normalized spacial score (nSPS) is 13.0. The lowest BCUT2D eigenvalue weighted by Gasteiger charge is -2.14. The quantitative estimate of drug-likeness (QED) is 0.445. The predicted molar refractivity (Wildman–Crippen MR) is 108 cm³/mol. The SMILES string of the molecule is CCOC(=O)c1c(-c2ccc(Cl)cc2)csc1N1C(=O)c2ccccc2C1=O. The highest BCUT2D eigenvalue weighted by Crippen LogP contribution is 2.41. The summed E-state index contributed by atoms with van der Waals surface area (Å²) in [5, 5.41) is 2.57. The van der Waals surface area contributed by atoms with Crippen molar-refractivity contribution in [2.45, 2.75) is 6.92 Å². The molecule has 0 N–H and O–H groups in total. The van der Waals surface area contributed by atoms with Crippen molar-refractivity contribution in [2.75, 3.05) is 11.5 Å². The van der Waals surface area contributed by atoms with Crippen LogP contribution in [0.3, 0.4) is 0 Å². The molecule has 0 fully saturated rings. The second-order valence-electron chi connectivity index (χ2n) is 6.05. The predicted octanol–water partition coefficient (Wildman–Crippen LogP) is 5.05. The van der Waals surface area contributed by atoms with E-state index >= 15 is 0 Å². The zero-order valence-electron chi connectivity index (χ0n) is 14.8. The first kappa shape index (κ1) is 18.4. The van der Waals surface area contributed by atoms with E-state index in [-0.39, 0.29) is 17.2 Å². The largest absolute Gasteiger partial charge is 0.462 e. The van der Waals surface area contributed by atoms with Crippen LogP contribution >= 0.6 is 22.9 Å². The summed E-state index contributed by atoms with van der Waals surface area (Å²) in [5.74, 6) is -1.48. The van der Waals surface area contributed by atoms with Crippen molar-refractivity contribution < 1.29 is 19.1 Å². The number of hydrogen-bond donors (Lipinski definition) is 0. The van der Waals surface area contributed by atoms with E-state index in [2.05, 4.69) is 0 Å². The molecule has 1 aliphatic rings. The van der Waals surface area contributed by atoms with E-state index < -0.39 is 17.8 Å². The second kappa shape index (κ2) is 7.22. The minimum atomic E-state index is -0.583. The van der Waals surface area contributed by atoms with Gasteiger partial charge in [0.25, 0.3) is 11.8 Å². The number of halogens is 1. The number of nitrogens with zero attached hydrogens (tertiary/aromatic N) is 1. The Bertz CT molecular complexity index is 1070. The second-order valence-corrected chi connectivity index (χ2v) is 7.34. The molecule has 1 aromatic heterocycles. The average Bonchev–Trinajstić information content (AvgIpc) is 3.23. The van der Waals surface area contributed by atoms with Gasteiger partial charge in [-0.2, -0.15) is 0 Å². The Hall–Kier alpha value is -2.96. The molecule has 28 heavy (non-hydrogen) atoms. The summed E-state index contributed by atoms with van der Waals surface area (Å²) in [7, 11) is 0. The number of imide groups is 1. The minimum absolute atomic E-state index is 0.177. The number of fused-ring (bicyclic) bond motifs is 1. The summed E-state index contributed by atoms with van der Waals surface area (Å²) in [6, 6.07) is 13.6. The van der Waals surface area contributed by atoms with Gasteiger partial charge in [-0.3, -0.25) is 9.59 Å². The van der Waals surface area contributed by atoms with Crippen LogP contribution in [0, 0.1) is 0 Å². The summed E-state index contributed by atoms with van der Waals surface area (Å²) in [5.41, 5.74) is 2.18.